The lowest BCUT2D eigenvalue weighted by Gasteiger charge is -2.25. The third kappa shape index (κ3) is 7.60. The predicted molar refractivity (Wildman–Crippen MR) is 192 cm³/mol. The van der Waals surface area contributed by atoms with Crippen LogP contribution in [0.15, 0.2) is 132 Å². The van der Waals surface area contributed by atoms with E-state index in [1.54, 1.807) is 60.7 Å². The highest BCUT2D eigenvalue weighted by atomic mass is 35.5. The molecule has 0 bridgehead atoms. The summed E-state index contributed by atoms with van der Waals surface area (Å²) in [5, 5.41) is 6.13. The topological polar surface area (TPSA) is 78.5 Å². The number of benzene rings is 5. The molecule has 6 nitrogen and oxygen atoms in total. The number of carbonyl (C=O) groups is 3. The van der Waals surface area contributed by atoms with E-state index in [2.05, 4.69) is 22.8 Å². The van der Waals surface area contributed by atoms with Gasteiger partial charge >= 0.3 is 0 Å². The quantitative estimate of drug-likeness (QED) is 0.127. The van der Waals surface area contributed by atoms with Crippen molar-refractivity contribution < 1.29 is 14.4 Å². The van der Waals surface area contributed by atoms with E-state index >= 15 is 0 Å². The van der Waals surface area contributed by atoms with Crippen LogP contribution in [-0.4, -0.2) is 23.5 Å². The smallest absolute Gasteiger partial charge is 0.272 e. The summed E-state index contributed by atoms with van der Waals surface area (Å²) < 4.78 is 0. The van der Waals surface area contributed by atoms with Crippen LogP contribution in [0.3, 0.4) is 0 Å². The van der Waals surface area contributed by atoms with Crippen LogP contribution in [0, 0.1) is 0 Å². The van der Waals surface area contributed by atoms with Crippen LogP contribution >= 0.6 is 35.0 Å². The molecule has 5 aromatic rings. The molecule has 0 unspecified atom stereocenters. The fourth-order valence-electron chi connectivity index (χ4n) is 5.32. The molecule has 0 atom stereocenters. The van der Waals surface area contributed by atoms with Crippen LogP contribution in [0.2, 0.25) is 10.0 Å². The van der Waals surface area contributed by atoms with Gasteiger partial charge in [-0.25, -0.2) is 0 Å². The van der Waals surface area contributed by atoms with E-state index in [9.17, 15) is 14.4 Å². The van der Waals surface area contributed by atoms with Crippen molar-refractivity contribution in [3.63, 3.8) is 0 Å². The van der Waals surface area contributed by atoms with E-state index in [0.717, 1.165) is 40.2 Å². The maximum absolute atomic E-state index is 13.7. The molecule has 6 rings (SSSR count). The zero-order valence-corrected chi connectivity index (χ0v) is 27.4. The normalized spacial score (nSPS) is 12.4. The molecule has 47 heavy (non-hydrogen) atoms. The summed E-state index contributed by atoms with van der Waals surface area (Å²) in [4.78, 5) is 42.8. The number of hydrogen-bond donors (Lipinski definition) is 2. The van der Waals surface area contributed by atoms with Crippen molar-refractivity contribution in [3.05, 3.63) is 159 Å². The van der Waals surface area contributed by atoms with Gasteiger partial charge in [0.05, 0.1) is 27.2 Å². The average molecular weight is 679 g/mol. The number of rotatable bonds is 8. The second-order valence-electron chi connectivity index (χ2n) is 10.8. The summed E-state index contributed by atoms with van der Waals surface area (Å²) in [5.74, 6) is -0.777. The fraction of sp³-hybridized carbons (Fsp3) is 0.0789. The van der Waals surface area contributed by atoms with Crippen molar-refractivity contribution in [3.8, 4) is 0 Å². The molecule has 234 valence electrons. The lowest BCUT2D eigenvalue weighted by molar-refractivity contribution is -0.115. The van der Waals surface area contributed by atoms with Gasteiger partial charge in [0.15, 0.2) is 0 Å². The molecular weight excluding hydrogens is 649 g/mol. The van der Waals surface area contributed by atoms with E-state index < -0.39 is 11.8 Å². The van der Waals surface area contributed by atoms with Crippen molar-refractivity contribution in [2.45, 2.75) is 17.7 Å². The second-order valence-corrected chi connectivity index (χ2v) is 12.6. The molecule has 1 heterocycles. The minimum atomic E-state index is -0.542. The largest absolute Gasteiger partial charge is 0.321 e. The average Bonchev–Trinajstić information content (AvgIpc) is 3.27. The van der Waals surface area contributed by atoms with E-state index in [1.807, 2.05) is 53.4 Å². The first-order chi connectivity index (χ1) is 22.9. The minimum absolute atomic E-state index is 0.00918. The molecular formula is C38H29Cl2N3O3S. The number of halogens is 2. The molecule has 3 amide bonds. The molecule has 0 radical (unpaired) electrons. The number of fused-ring (bicyclic) bond motifs is 2. The van der Waals surface area contributed by atoms with E-state index in [4.69, 9.17) is 23.2 Å². The maximum atomic E-state index is 13.7. The first kappa shape index (κ1) is 32.1. The Bertz CT molecular complexity index is 1930. The second kappa shape index (κ2) is 14.7. The van der Waals surface area contributed by atoms with Gasteiger partial charge in [0.25, 0.3) is 11.8 Å². The highest BCUT2D eigenvalue weighted by Crippen LogP contribution is 2.37. The van der Waals surface area contributed by atoms with Crippen LogP contribution in [0.4, 0.5) is 17.1 Å². The summed E-state index contributed by atoms with van der Waals surface area (Å²) >= 11 is 14.0. The SMILES string of the molecule is O=C(Nc1ccc(SCC(=O)N2c3ccccc3CCc3ccccc32)cc1)/C(=C/c1cccc(Cl)c1Cl)NC(=O)c1ccccc1. The lowest BCUT2D eigenvalue weighted by Crippen LogP contribution is -2.30. The van der Waals surface area contributed by atoms with Crippen molar-refractivity contribution >= 4 is 75.8 Å². The number of nitrogens with zero attached hydrogens (tertiary/aromatic N) is 1. The van der Waals surface area contributed by atoms with E-state index in [1.165, 1.54) is 17.8 Å². The molecule has 0 spiro atoms. The number of carbonyl (C=O) groups excluding carboxylic acids is 3. The molecule has 1 aliphatic rings. The highest BCUT2D eigenvalue weighted by molar-refractivity contribution is 8.00. The summed E-state index contributed by atoms with van der Waals surface area (Å²) in [6, 6.07) is 37.0. The summed E-state index contributed by atoms with van der Waals surface area (Å²) in [5.41, 5.74) is 5.51. The van der Waals surface area contributed by atoms with Crippen molar-refractivity contribution in [2.24, 2.45) is 0 Å². The van der Waals surface area contributed by atoms with Crippen LogP contribution in [0.1, 0.15) is 27.0 Å². The monoisotopic (exact) mass is 677 g/mol. The number of nitrogens with one attached hydrogen (secondary N) is 2. The van der Waals surface area contributed by atoms with Gasteiger partial charge in [0.1, 0.15) is 5.70 Å². The summed E-state index contributed by atoms with van der Waals surface area (Å²) in [6.07, 6.45) is 3.23. The fourth-order valence-corrected chi connectivity index (χ4v) is 6.43. The van der Waals surface area contributed by atoms with Gasteiger partial charge in [-0.15, -0.1) is 11.8 Å². The first-order valence-corrected chi connectivity index (χ1v) is 16.7. The molecule has 0 aromatic heterocycles. The molecule has 0 saturated heterocycles. The van der Waals surface area contributed by atoms with Crippen molar-refractivity contribution in [1.29, 1.82) is 0 Å². The third-order valence-electron chi connectivity index (χ3n) is 7.66. The van der Waals surface area contributed by atoms with Gasteiger partial charge in [0.2, 0.25) is 5.91 Å². The van der Waals surface area contributed by atoms with E-state index in [-0.39, 0.29) is 22.4 Å². The zero-order valence-electron chi connectivity index (χ0n) is 25.1. The number of para-hydroxylation sites is 2. The van der Waals surface area contributed by atoms with Gasteiger partial charge in [-0.2, -0.15) is 0 Å². The minimum Gasteiger partial charge on any atom is -0.321 e. The standard InChI is InChI=1S/C38H29Cl2N3O3S/c39-31-14-8-13-28(36(31)40)23-32(42-37(45)27-11-2-1-3-12-27)38(46)41-29-19-21-30(22-20-29)47-24-35(44)43-33-15-6-4-9-25(33)17-18-26-10-5-7-16-34(26)43/h1-16,19-23H,17-18,24H2,(H,41,46)(H,42,45)/b32-23-. The number of amides is 3. The molecule has 5 aromatic carbocycles. The zero-order chi connectivity index (χ0) is 32.8. The summed E-state index contributed by atoms with van der Waals surface area (Å²) in [6.45, 7) is 0. The van der Waals surface area contributed by atoms with E-state index in [0.29, 0.717) is 21.8 Å². The number of hydrogen-bond acceptors (Lipinski definition) is 4. The molecule has 0 saturated carbocycles. The predicted octanol–water partition coefficient (Wildman–Crippen LogP) is 8.96. The third-order valence-corrected chi connectivity index (χ3v) is 9.49. The van der Waals surface area contributed by atoms with Crippen LogP contribution in [-0.2, 0) is 22.4 Å². The highest BCUT2D eigenvalue weighted by Gasteiger charge is 2.25. The molecule has 2 N–H and O–H groups in total. The number of thioether (sulfide) groups is 1. The van der Waals surface area contributed by atoms with Gasteiger partial charge in [-0.1, -0.05) is 89.9 Å². The molecule has 0 aliphatic carbocycles. The van der Waals surface area contributed by atoms with Gasteiger partial charge in [-0.3, -0.25) is 19.3 Å². The van der Waals surface area contributed by atoms with Gasteiger partial charge in [0, 0.05) is 16.1 Å². The Labute approximate surface area is 287 Å². The van der Waals surface area contributed by atoms with Gasteiger partial charge < -0.3 is 10.6 Å². The Kier molecular flexibility index (Phi) is 10.1. The Morgan fingerprint density at radius 2 is 1.34 bits per heavy atom. The van der Waals surface area contributed by atoms with Crippen molar-refractivity contribution in [1.82, 2.24) is 5.32 Å². The number of anilines is 3. The van der Waals surface area contributed by atoms with Crippen molar-refractivity contribution in [2.75, 3.05) is 16.0 Å². The Balaban J connectivity index is 1.16. The Morgan fingerprint density at radius 1 is 0.723 bits per heavy atom. The first-order valence-electron chi connectivity index (χ1n) is 14.9. The molecule has 1 aliphatic heterocycles. The van der Waals surface area contributed by atoms with Crippen LogP contribution < -0.4 is 15.5 Å². The Hall–Kier alpha value is -4.82. The lowest BCUT2D eigenvalue weighted by atomic mass is 10.0. The Morgan fingerprint density at radius 3 is 2.00 bits per heavy atom. The van der Waals surface area contributed by atoms with Crippen LogP contribution in [0.5, 0.6) is 0 Å². The van der Waals surface area contributed by atoms with Gasteiger partial charge in [-0.05, 0) is 90.2 Å². The maximum Gasteiger partial charge on any atom is 0.272 e. The number of aryl methyl sites for hydroxylation is 2. The summed E-state index contributed by atoms with van der Waals surface area (Å²) in [7, 11) is 0. The molecule has 0 fully saturated rings. The van der Waals surface area contributed by atoms with Crippen LogP contribution in [0.25, 0.3) is 6.08 Å². The molecule has 9 heteroatoms.